The second-order valence-corrected chi connectivity index (χ2v) is 5.79. The lowest BCUT2D eigenvalue weighted by Crippen LogP contribution is -2.18. The van der Waals surface area contributed by atoms with Crippen molar-refractivity contribution in [3.8, 4) is 0 Å². The minimum Gasteiger partial charge on any atom is -0.465 e. The van der Waals surface area contributed by atoms with Gasteiger partial charge in [0, 0.05) is 6.92 Å². The Morgan fingerprint density at radius 3 is 2.55 bits per heavy atom. The van der Waals surface area contributed by atoms with Crippen molar-refractivity contribution in [3.05, 3.63) is 41.5 Å². The molecule has 1 unspecified atom stereocenters. The standard InChI is InChI=1S/C17H22O5/c1-6-20-16(19)13(9-10-17(3,4)5)15(22-12(2)18)14-8-7-11-21-14/h7-8,10-11,15H,6H2,1-5H3. The van der Waals surface area contributed by atoms with Crippen LogP contribution < -0.4 is 0 Å². The second kappa shape index (κ2) is 7.66. The maximum Gasteiger partial charge on any atom is 0.346 e. The Hall–Kier alpha value is -2.26. The summed E-state index contributed by atoms with van der Waals surface area (Å²) in [7, 11) is 0. The van der Waals surface area contributed by atoms with E-state index in [1.807, 2.05) is 20.8 Å². The molecule has 0 aromatic carbocycles. The van der Waals surface area contributed by atoms with Crippen molar-refractivity contribution in [2.24, 2.45) is 5.41 Å². The third-order valence-electron chi connectivity index (χ3n) is 2.50. The lowest BCUT2D eigenvalue weighted by molar-refractivity contribution is -0.148. The zero-order chi connectivity index (χ0) is 16.8. The van der Waals surface area contributed by atoms with Gasteiger partial charge in [-0.1, -0.05) is 20.8 Å². The highest BCUT2D eigenvalue weighted by Crippen LogP contribution is 2.28. The largest absolute Gasteiger partial charge is 0.465 e. The van der Waals surface area contributed by atoms with Crippen LogP contribution in [-0.4, -0.2) is 18.5 Å². The van der Waals surface area contributed by atoms with Crippen molar-refractivity contribution in [2.45, 2.75) is 40.7 Å². The summed E-state index contributed by atoms with van der Waals surface area (Å²) in [5.41, 5.74) is 2.82. The highest BCUT2D eigenvalue weighted by atomic mass is 16.6. The molecule has 1 aromatic rings. The minimum absolute atomic E-state index is 0.0990. The third kappa shape index (κ3) is 5.62. The highest BCUT2D eigenvalue weighted by molar-refractivity contribution is 5.90. The number of ether oxygens (including phenoxy) is 2. The van der Waals surface area contributed by atoms with Crippen molar-refractivity contribution < 1.29 is 23.5 Å². The van der Waals surface area contributed by atoms with Crippen LogP contribution in [0, 0.1) is 5.41 Å². The van der Waals surface area contributed by atoms with E-state index in [1.54, 1.807) is 25.1 Å². The maximum absolute atomic E-state index is 12.2. The van der Waals surface area contributed by atoms with E-state index in [4.69, 9.17) is 13.9 Å². The average Bonchev–Trinajstić information content (AvgIpc) is 2.89. The zero-order valence-electron chi connectivity index (χ0n) is 13.6. The molecule has 22 heavy (non-hydrogen) atoms. The van der Waals surface area contributed by atoms with Crippen LogP contribution in [-0.2, 0) is 19.1 Å². The Labute approximate surface area is 130 Å². The summed E-state index contributed by atoms with van der Waals surface area (Å²) in [6, 6.07) is 3.29. The predicted molar refractivity (Wildman–Crippen MR) is 80.9 cm³/mol. The molecule has 0 aliphatic carbocycles. The Bertz CT molecular complexity index is 569. The number of carbonyl (C=O) groups is 2. The molecule has 0 radical (unpaired) electrons. The van der Waals surface area contributed by atoms with Crippen LogP contribution in [0.2, 0.25) is 0 Å². The van der Waals surface area contributed by atoms with Gasteiger partial charge in [0.2, 0.25) is 0 Å². The zero-order valence-corrected chi connectivity index (χ0v) is 13.6. The lowest BCUT2D eigenvalue weighted by Gasteiger charge is -2.16. The fourth-order valence-corrected chi connectivity index (χ4v) is 1.61. The van der Waals surface area contributed by atoms with Crippen molar-refractivity contribution in [1.29, 1.82) is 0 Å². The Morgan fingerprint density at radius 2 is 2.09 bits per heavy atom. The van der Waals surface area contributed by atoms with Crippen LogP contribution in [0.15, 0.2) is 40.2 Å². The van der Waals surface area contributed by atoms with E-state index < -0.39 is 18.0 Å². The first kappa shape index (κ1) is 17.8. The van der Waals surface area contributed by atoms with E-state index in [9.17, 15) is 9.59 Å². The van der Waals surface area contributed by atoms with Gasteiger partial charge in [0.1, 0.15) is 11.3 Å². The van der Waals surface area contributed by atoms with Crippen molar-refractivity contribution in [1.82, 2.24) is 0 Å². The molecule has 0 saturated carbocycles. The highest BCUT2D eigenvalue weighted by Gasteiger charge is 2.29. The summed E-state index contributed by atoms with van der Waals surface area (Å²) >= 11 is 0. The van der Waals surface area contributed by atoms with Crippen LogP contribution in [0.25, 0.3) is 0 Å². The molecule has 0 N–H and O–H groups in total. The topological polar surface area (TPSA) is 65.7 Å². The Kier molecular flexibility index (Phi) is 6.20. The maximum atomic E-state index is 12.2. The molecule has 5 heteroatoms. The van der Waals surface area contributed by atoms with Gasteiger partial charge in [-0.15, -0.1) is 5.73 Å². The van der Waals surface area contributed by atoms with Gasteiger partial charge in [0.15, 0.2) is 6.10 Å². The summed E-state index contributed by atoms with van der Waals surface area (Å²) < 4.78 is 15.6. The number of carbonyl (C=O) groups excluding carboxylic acids is 2. The lowest BCUT2D eigenvalue weighted by atomic mass is 9.96. The van der Waals surface area contributed by atoms with Gasteiger partial charge in [-0.3, -0.25) is 4.79 Å². The third-order valence-corrected chi connectivity index (χ3v) is 2.50. The summed E-state index contributed by atoms with van der Waals surface area (Å²) in [6.45, 7) is 9.09. The molecular formula is C17H22O5. The van der Waals surface area contributed by atoms with E-state index in [0.29, 0.717) is 5.76 Å². The van der Waals surface area contributed by atoms with Gasteiger partial charge in [-0.25, -0.2) is 4.79 Å². The molecule has 0 aliphatic rings. The smallest absolute Gasteiger partial charge is 0.346 e. The average molecular weight is 306 g/mol. The summed E-state index contributed by atoms with van der Waals surface area (Å²) in [5.74, 6) is -0.778. The first-order chi connectivity index (χ1) is 10.2. The first-order valence-corrected chi connectivity index (χ1v) is 7.10. The summed E-state index contributed by atoms with van der Waals surface area (Å²) in [4.78, 5) is 23.6. The molecule has 0 fully saturated rings. The number of hydrogen-bond donors (Lipinski definition) is 0. The molecule has 1 heterocycles. The van der Waals surface area contributed by atoms with E-state index in [1.165, 1.54) is 13.2 Å². The van der Waals surface area contributed by atoms with Gasteiger partial charge < -0.3 is 13.9 Å². The molecule has 1 atom stereocenters. The molecule has 1 rings (SSSR count). The Balaban J connectivity index is 3.34. The fraction of sp³-hybridized carbons (Fsp3) is 0.471. The summed E-state index contributed by atoms with van der Waals surface area (Å²) in [5, 5.41) is 0. The predicted octanol–water partition coefficient (Wildman–Crippen LogP) is 3.57. The first-order valence-electron chi connectivity index (χ1n) is 7.10. The van der Waals surface area contributed by atoms with Gasteiger partial charge in [-0.05, 0) is 30.5 Å². The number of hydrogen-bond acceptors (Lipinski definition) is 5. The van der Waals surface area contributed by atoms with Crippen LogP contribution in [0.4, 0.5) is 0 Å². The van der Waals surface area contributed by atoms with Gasteiger partial charge in [0.05, 0.1) is 12.9 Å². The molecule has 0 spiro atoms. The molecule has 0 saturated heterocycles. The summed E-state index contributed by atoms with van der Waals surface area (Å²) in [6.07, 6.45) is 2.20. The van der Waals surface area contributed by atoms with Crippen molar-refractivity contribution in [3.63, 3.8) is 0 Å². The molecule has 0 aliphatic heterocycles. The molecule has 120 valence electrons. The number of esters is 2. The van der Waals surface area contributed by atoms with Crippen LogP contribution in [0.1, 0.15) is 46.5 Å². The van der Waals surface area contributed by atoms with Crippen LogP contribution in [0.5, 0.6) is 0 Å². The van der Waals surface area contributed by atoms with E-state index in [-0.39, 0.29) is 17.6 Å². The molecule has 0 amide bonds. The van der Waals surface area contributed by atoms with Gasteiger partial charge in [0.25, 0.3) is 0 Å². The van der Waals surface area contributed by atoms with Gasteiger partial charge >= 0.3 is 11.9 Å². The number of furan rings is 1. The van der Waals surface area contributed by atoms with Crippen LogP contribution >= 0.6 is 0 Å². The quantitative estimate of drug-likeness (QED) is 0.472. The molecule has 0 bridgehead atoms. The van der Waals surface area contributed by atoms with Crippen LogP contribution in [0.3, 0.4) is 0 Å². The van der Waals surface area contributed by atoms with E-state index in [0.717, 1.165) is 0 Å². The minimum atomic E-state index is -0.981. The molecule has 5 nitrogen and oxygen atoms in total. The monoisotopic (exact) mass is 306 g/mol. The fourth-order valence-electron chi connectivity index (χ4n) is 1.61. The Morgan fingerprint density at radius 1 is 1.41 bits per heavy atom. The SMILES string of the molecule is CCOC(=O)C(=C=CC(C)(C)C)C(OC(C)=O)c1ccco1. The normalized spacial score (nSPS) is 12.0. The van der Waals surface area contributed by atoms with E-state index >= 15 is 0 Å². The molecule has 1 aromatic heterocycles. The van der Waals surface area contributed by atoms with E-state index in [2.05, 4.69) is 5.73 Å². The second-order valence-electron chi connectivity index (χ2n) is 5.79. The number of rotatable bonds is 5. The van der Waals surface area contributed by atoms with Crippen molar-refractivity contribution in [2.75, 3.05) is 6.61 Å². The van der Waals surface area contributed by atoms with Crippen molar-refractivity contribution >= 4 is 11.9 Å². The van der Waals surface area contributed by atoms with Gasteiger partial charge in [-0.2, -0.15) is 0 Å². The molecular weight excluding hydrogens is 284 g/mol.